The molecule has 0 fully saturated rings. The second-order valence-corrected chi connectivity index (χ2v) is 7.47. The van der Waals surface area contributed by atoms with Crippen LogP contribution in [0.1, 0.15) is 31.9 Å². The first-order valence-electron chi connectivity index (χ1n) is 8.44. The van der Waals surface area contributed by atoms with Gasteiger partial charge in [0.05, 0.1) is 0 Å². The van der Waals surface area contributed by atoms with E-state index in [-0.39, 0.29) is 0 Å². The first-order valence-corrected chi connectivity index (χ1v) is 8.82. The Morgan fingerprint density at radius 3 is 2.31 bits per heavy atom. The van der Waals surface area contributed by atoms with E-state index in [0.29, 0.717) is 11.4 Å². The van der Waals surface area contributed by atoms with Gasteiger partial charge in [-0.05, 0) is 44.5 Å². The van der Waals surface area contributed by atoms with Gasteiger partial charge in [-0.25, -0.2) is 0 Å². The third-order valence-corrected chi connectivity index (χ3v) is 4.11. The second-order valence-electron chi connectivity index (χ2n) is 7.06. The van der Waals surface area contributed by atoms with E-state index in [1.165, 1.54) is 0 Å². The van der Waals surface area contributed by atoms with Crippen molar-refractivity contribution < 1.29 is 9.53 Å². The van der Waals surface area contributed by atoms with E-state index < -0.39 is 17.0 Å². The third-order valence-electron chi connectivity index (χ3n) is 3.74. The molecule has 2 aromatic carbocycles. The molecule has 0 bridgehead atoms. The number of esters is 1. The summed E-state index contributed by atoms with van der Waals surface area (Å²) in [6, 6.07) is 16.9. The van der Waals surface area contributed by atoms with Gasteiger partial charge in [0.2, 0.25) is 0 Å². The molecule has 0 unspecified atom stereocenters. The van der Waals surface area contributed by atoms with Crippen molar-refractivity contribution in [2.24, 2.45) is 5.41 Å². The van der Waals surface area contributed by atoms with Crippen LogP contribution in [0.4, 0.5) is 0 Å². The van der Waals surface area contributed by atoms with Gasteiger partial charge in [-0.3, -0.25) is 4.79 Å². The molecule has 2 nitrogen and oxygen atoms in total. The molecule has 0 N–H and O–H groups in total. The quantitative estimate of drug-likeness (QED) is 0.408. The van der Waals surface area contributed by atoms with Crippen LogP contribution < -0.4 is 0 Å². The Labute approximate surface area is 160 Å². The molecule has 0 heterocycles. The number of halogens is 1. The van der Waals surface area contributed by atoms with Crippen molar-refractivity contribution in [2.45, 2.75) is 32.8 Å². The third kappa shape index (κ3) is 5.25. The number of carbonyl (C=O) groups excluding carboxylic acids is 1. The second kappa shape index (κ2) is 8.25. The average Bonchev–Trinajstić information content (AvgIpc) is 2.59. The maximum atomic E-state index is 13.0. The van der Waals surface area contributed by atoms with E-state index in [2.05, 4.69) is 18.4 Å². The molecule has 0 amide bonds. The Balaban J connectivity index is 2.48. The fourth-order valence-corrected chi connectivity index (χ4v) is 2.59. The van der Waals surface area contributed by atoms with Gasteiger partial charge in [0.15, 0.2) is 5.41 Å². The first-order chi connectivity index (χ1) is 12.3. The molecule has 134 valence electrons. The van der Waals surface area contributed by atoms with Crippen LogP contribution in [0.25, 0.3) is 0 Å². The lowest BCUT2D eigenvalue weighted by atomic mass is 9.81. The predicted octanol–water partition coefficient (Wildman–Crippen LogP) is 5.45. The van der Waals surface area contributed by atoms with Crippen LogP contribution in [-0.2, 0) is 16.0 Å². The van der Waals surface area contributed by atoms with Crippen molar-refractivity contribution in [1.82, 2.24) is 0 Å². The highest BCUT2D eigenvalue weighted by Crippen LogP contribution is 2.31. The highest BCUT2D eigenvalue weighted by Gasteiger charge is 2.38. The Morgan fingerprint density at radius 2 is 1.73 bits per heavy atom. The lowest BCUT2D eigenvalue weighted by Gasteiger charge is -2.28. The lowest BCUT2D eigenvalue weighted by molar-refractivity contribution is -0.161. The number of hydrogen-bond acceptors (Lipinski definition) is 2. The van der Waals surface area contributed by atoms with Gasteiger partial charge in [0, 0.05) is 17.0 Å². The molecule has 2 rings (SSSR count). The van der Waals surface area contributed by atoms with Crippen LogP contribution in [-0.4, -0.2) is 11.6 Å². The summed E-state index contributed by atoms with van der Waals surface area (Å²) >= 11 is 6.31. The molecular formula is C23H23ClO2. The highest BCUT2D eigenvalue weighted by atomic mass is 35.5. The van der Waals surface area contributed by atoms with Gasteiger partial charge in [-0.15, -0.1) is 6.58 Å². The number of carbonyl (C=O) groups is 1. The first kappa shape index (κ1) is 19.8. The van der Waals surface area contributed by atoms with Gasteiger partial charge in [-0.1, -0.05) is 65.9 Å². The molecule has 0 aliphatic carbocycles. The van der Waals surface area contributed by atoms with Crippen molar-refractivity contribution in [3.63, 3.8) is 0 Å². The Kier molecular flexibility index (Phi) is 6.29. The fourth-order valence-electron chi connectivity index (χ4n) is 2.39. The van der Waals surface area contributed by atoms with Crippen molar-refractivity contribution in [3.8, 4) is 11.8 Å². The summed E-state index contributed by atoms with van der Waals surface area (Å²) < 4.78 is 5.64. The summed E-state index contributed by atoms with van der Waals surface area (Å²) in [7, 11) is 0. The maximum absolute atomic E-state index is 13.0. The van der Waals surface area contributed by atoms with Crippen molar-refractivity contribution in [1.29, 1.82) is 0 Å². The van der Waals surface area contributed by atoms with E-state index in [9.17, 15) is 4.79 Å². The number of benzene rings is 2. The smallest absolute Gasteiger partial charge is 0.329 e. The zero-order chi connectivity index (χ0) is 19.2. The Hall–Kier alpha value is -2.50. The average molecular weight is 367 g/mol. The predicted molar refractivity (Wildman–Crippen MR) is 107 cm³/mol. The zero-order valence-corrected chi connectivity index (χ0v) is 16.1. The van der Waals surface area contributed by atoms with E-state index in [4.69, 9.17) is 16.3 Å². The summed E-state index contributed by atoms with van der Waals surface area (Å²) in [5, 5.41) is 0.587. The Bertz CT molecular complexity index is 838. The van der Waals surface area contributed by atoms with E-state index >= 15 is 0 Å². The van der Waals surface area contributed by atoms with Gasteiger partial charge in [-0.2, -0.15) is 0 Å². The summed E-state index contributed by atoms with van der Waals surface area (Å²) in [6.07, 6.45) is 1.85. The molecule has 0 aromatic heterocycles. The molecule has 26 heavy (non-hydrogen) atoms. The molecule has 3 heteroatoms. The van der Waals surface area contributed by atoms with Gasteiger partial charge < -0.3 is 4.74 Å². The molecule has 0 aliphatic heterocycles. The molecule has 2 aromatic rings. The van der Waals surface area contributed by atoms with Crippen molar-refractivity contribution in [3.05, 3.63) is 83.4 Å². The molecule has 0 saturated heterocycles. The van der Waals surface area contributed by atoms with Crippen LogP contribution >= 0.6 is 11.6 Å². The fraction of sp³-hybridized carbons (Fsp3) is 0.261. The number of ether oxygens (including phenoxy) is 1. The molecular weight excluding hydrogens is 344 g/mol. The summed E-state index contributed by atoms with van der Waals surface area (Å²) in [5.74, 6) is 5.75. The standard InChI is InChI=1S/C23H23ClO2/c1-5-23(21(25)26-22(2,3)4,16-15-18-11-7-6-8-12-18)17-19-13-9-10-14-20(19)24/h5-14H,1,17H2,2-4H3/t23-/m1/s1. The van der Waals surface area contributed by atoms with Gasteiger partial charge in [0.25, 0.3) is 0 Å². The van der Waals surface area contributed by atoms with E-state index in [0.717, 1.165) is 11.1 Å². The van der Waals surface area contributed by atoms with Crippen LogP contribution in [0.3, 0.4) is 0 Å². The molecule has 1 atom stereocenters. The number of rotatable bonds is 4. The van der Waals surface area contributed by atoms with E-state index in [1.807, 2.05) is 69.3 Å². The van der Waals surface area contributed by atoms with Crippen LogP contribution in [0, 0.1) is 17.3 Å². The SMILES string of the molecule is C=C[C@@](C#Cc1ccccc1)(Cc1ccccc1Cl)C(=O)OC(C)(C)C. The summed E-state index contributed by atoms with van der Waals surface area (Å²) in [4.78, 5) is 13.0. The van der Waals surface area contributed by atoms with Gasteiger partial charge >= 0.3 is 5.97 Å². The van der Waals surface area contributed by atoms with Gasteiger partial charge in [0.1, 0.15) is 5.60 Å². The normalized spacial score (nSPS) is 13.1. The van der Waals surface area contributed by atoms with Crippen LogP contribution in [0.2, 0.25) is 5.02 Å². The highest BCUT2D eigenvalue weighted by molar-refractivity contribution is 6.31. The zero-order valence-electron chi connectivity index (χ0n) is 15.4. The van der Waals surface area contributed by atoms with Crippen LogP contribution in [0.5, 0.6) is 0 Å². The summed E-state index contributed by atoms with van der Waals surface area (Å²) in [5.41, 5.74) is -0.169. The number of hydrogen-bond donors (Lipinski definition) is 0. The van der Waals surface area contributed by atoms with Crippen molar-refractivity contribution in [2.75, 3.05) is 0 Å². The summed E-state index contributed by atoms with van der Waals surface area (Å²) in [6.45, 7) is 9.37. The largest absolute Gasteiger partial charge is 0.459 e. The van der Waals surface area contributed by atoms with Crippen molar-refractivity contribution >= 4 is 17.6 Å². The molecule has 0 saturated carbocycles. The lowest BCUT2D eigenvalue weighted by Crippen LogP contribution is -2.37. The van der Waals surface area contributed by atoms with Crippen LogP contribution in [0.15, 0.2) is 67.3 Å². The molecule has 0 aliphatic rings. The van der Waals surface area contributed by atoms with E-state index in [1.54, 1.807) is 12.1 Å². The molecule has 0 spiro atoms. The maximum Gasteiger partial charge on any atom is 0.329 e. The Morgan fingerprint density at radius 1 is 1.12 bits per heavy atom. The monoisotopic (exact) mass is 366 g/mol. The minimum absolute atomic E-state index is 0.297. The topological polar surface area (TPSA) is 26.3 Å². The molecule has 0 radical (unpaired) electrons. The minimum atomic E-state index is -1.19. The minimum Gasteiger partial charge on any atom is -0.459 e.